The van der Waals surface area contributed by atoms with E-state index in [-0.39, 0.29) is 11.8 Å². The number of carbonyl (C=O) groups excluding carboxylic acids is 2. The number of carbonyl (C=O) groups is 2. The first-order valence-corrected chi connectivity index (χ1v) is 17.4. The Morgan fingerprint density at radius 2 is 1.61 bits per heavy atom. The van der Waals surface area contributed by atoms with E-state index in [0.717, 1.165) is 5.75 Å². The fourth-order valence-corrected chi connectivity index (χ4v) is 5.08. The summed E-state index contributed by atoms with van der Waals surface area (Å²) in [6, 6.07) is 23.4. The number of amides is 2. The third-order valence-corrected chi connectivity index (χ3v) is 7.76. The lowest BCUT2D eigenvalue weighted by Gasteiger charge is -2.27. The molecule has 4 aromatic rings. The number of para-hydroxylation sites is 1. The van der Waals surface area contributed by atoms with Gasteiger partial charge < -0.3 is 44.1 Å². The maximum absolute atomic E-state index is 13.5. The molecular formula is C38H43N9O7. The van der Waals surface area contributed by atoms with Gasteiger partial charge in [-0.2, -0.15) is 0 Å². The van der Waals surface area contributed by atoms with Gasteiger partial charge in [-0.05, 0) is 67.2 Å². The first-order chi connectivity index (χ1) is 26.4. The van der Waals surface area contributed by atoms with Gasteiger partial charge in [-0.3, -0.25) is 9.59 Å². The second-order valence-corrected chi connectivity index (χ2v) is 11.9. The van der Waals surface area contributed by atoms with Gasteiger partial charge in [-0.25, -0.2) is 9.97 Å². The van der Waals surface area contributed by atoms with Crippen LogP contribution in [0.4, 0.5) is 17.2 Å². The number of hydrogen-bond acceptors (Lipinski definition) is 12. The number of rotatable bonds is 20. The Kier molecular flexibility index (Phi) is 15.6. The predicted molar refractivity (Wildman–Crippen MR) is 202 cm³/mol. The summed E-state index contributed by atoms with van der Waals surface area (Å²) in [4.78, 5) is 41.4. The van der Waals surface area contributed by atoms with Crippen molar-refractivity contribution in [2.24, 2.45) is 5.11 Å². The molecule has 0 atom stereocenters. The van der Waals surface area contributed by atoms with Crippen LogP contribution >= 0.6 is 0 Å². The van der Waals surface area contributed by atoms with Crippen LogP contribution in [0, 0.1) is 0 Å². The van der Waals surface area contributed by atoms with Gasteiger partial charge in [-0.1, -0.05) is 29.4 Å². The molecule has 0 radical (unpaired) electrons. The Morgan fingerprint density at radius 3 is 2.37 bits per heavy atom. The van der Waals surface area contributed by atoms with E-state index >= 15 is 0 Å². The zero-order chi connectivity index (χ0) is 37.8. The van der Waals surface area contributed by atoms with Gasteiger partial charge in [-0.15, -0.1) is 0 Å². The number of azide groups is 1. The standard InChI is InChI=1S/C38H43N9O7/c1-46(15-19-52-23-22-50-18-13-42-45-39)14-5-8-36(48)44-31-25-29(38(49)47-16-20-51-21-17-47)24-30(26-31)43-35-27-37(41-28-40-35)54-34-11-9-33(10-12-34)53-32-6-3-2-4-7-32/h2-12,24-28H,13-23H2,1H3,(H,44,48)(H,40,41,43)/b8-5+. The highest BCUT2D eigenvalue weighted by Crippen LogP contribution is 2.28. The largest absolute Gasteiger partial charge is 0.457 e. The Hall–Kier alpha value is -6.03. The van der Waals surface area contributed by atoms with Crippen molar-refractivity contribution in [1.82, 2.24) is 19.8 Å². The number of morpholine rings is 1. The van der Waals surface area contributed by atoms with Gasteiger partial charge >= 0.3 is 0 Å². The van der Waals surface area contributed by atoms with Crippen molar-refractivity contribution in [1.29, 1.82) is 0 Å². The average molecular weight is 738 g/mol. The number of nitrogens with one attached hydrogen (secondary N) is 2. The molecule has 3 aromatic carbocycles. The molecule has 0 spiro atoms. The summed E-state index contributed by atoms with van der Waals surface area (Å²) in [5.41, 5.74) is 9.61. The summed E-state index contributed by atoms with van der Waals surface area (Å²) in [6.07, 6.45) is 4.57. The van der Waals surface area contributed by atoms with Crippen molar-refractivity contribution in [3.63, 3.8) is 0 Å². The third-order valence-electron chi connectivity index (χ3n) is 7.76. The van der Waals surface area contributed by atoms with Crippen LogP contribution < -0.4 is 20.1 Å². The average Bonchev–Trinajstić information content (AvgIpc) is 3.18. The Morgan fingerprint density at radius 1 is 0.907 bits per heavy atom. The molecule has 1 fully saturated rings. The van der Waals surface area contributed by atoms with E-state index in [1.165, 1.54) is 12.4 Å². The van der Waals surface area contributed by atoms with Crippen molar-refractivity contribution >= 4 is 29.0 Å². The van der Waals surface area contributed by atoms with E-state index in [4.69, 9.17) is 29.2 Å². The number of anilines is 3. The predicted octanol–water partition coefficient (Wildman–Crippen LogP) is 6.05. The first-order valence-electron chi connectivity index (χ1n) is 17.4. The highest BCUT2D eigenvalue weighted by Gasteiger charge is 2.20. The molecule has 16 heteroatoms. The number of ether oxygens (including phenoxy) is 5. The topological polar surface area (TPSA) is 185 Å². The monoisotopic (exact) mass is 737 g/mol. The molecule has 5 rings (SSSR count). The van der Waals surface area contributed by atoms with E-state index in [1.807, 2.05) is 42.3 Å². The molecular weight excluding hydrogens is 694 g/mol. The summed E-state index contributed by atoms with van der Waals surface area (Å²) in [5, 5.41) is 9.50. The van der Waals surface area contributed by atoms with Crippen LogP contribution in [0.5, 0.6) is 23.1 Å². The van der Waals surface area contributed by atoms with Gasteiger partial charge in [0.25, 0.3) is 5.91 Å². The Labute approximate surface area is 313 Å². The van der Waals surface area contributed by atoms with Crippen LogP contribution in [-0.2, 0) is 19.0 Å². The van der Waals surface area contributed by atoms with Gasteiger partial charge in [0.2, 0.25) is 11.8 Å². The molecule has 2 amide bonds. The number of aromatic nitrogens is 2. The molecule has 1 aromatic heterocycles. The molecule has 2 heterocycles. The van der Waals surface area contributed by atoms with E-state index < -0.39 is 0 Å². The van der Waals surface area contributed by atoms with Crippen LogP contribution in [0.3, 0.4) is 0 Å². The summed E-state index contributed by atoms with van der Waals surface area (Å²) in [7, 11) is 1.92. The van der Waals surface area contributed by atoms with Crippen LogP contribution in [0.1, 0.15) is 10.4 Å². The Bertz CT molecular complexity index is 1870. The van der Waals surface area contributed by atoms with Crippen LogP contribution in [0.15, 0.2) is 102 Å². The molecule has 0 saturated carbocycles. The van der Waals surface area contributed by atoms with Crippen molar-refractivity contribution in [3.8, 4) is 23.1 Å². The van der Waals surface area contributed by atoms with Crippen LogP contribution in [0.25, 0.3) is 10.4 Å². The number of hydrogen-bond donors (Lipinski definition) is 2. The summed E-state index contributed by atoms with van der Waals surface area (Å²) in [6.45, 7) is 5.01. The normalized spacial score (nSPS) is 12.7. The fourth-order valence-electron chi connectivity index (χ4n) is 5.08. The van der Waals surface area contributed by atoms with Gasteiger partial charge in [0.05, 0.1) is 39.6 Å². The molecule has 0 unspecified atom stereocenters. The summed E-state index contributed by atoms with van der Waals surface area (Å²) in [5.74, 6) is 2.14. The first kappa shape index (κ1) is 39.2. The number of nitrogens with zero attached hydrogens (tertiary/aromatic N) is 7. The van der Waals surface area contributed by atoms with E-state index in [0.29, 0.717) is 113 Å². The summed E-state index contributed by atoms with van der Waals surface area (Å²) >= 11 is 0. The molecule has 54 heavy (non-hydrogen) atoms. The highest BCUT2D eigenvalue weighted by atomic mass is 16.5. The molecule has 16 nitrogen and oxygen atoms in total. The number of benzene rings is 3. The third kappa shape index (κ3) is 13.5. The van der Waals surface area contributed by atoms with E-state index in [9.17, 15) is 9.59 Å². The molecule has 2 N–H and O–H groups in total. The van der Waals surface area contributed by atoms with Crippen LogP contribution in [-0.4, -0.2) is 111 Å². The lowest BCUT2D eigenvalue weighted by atomic mass is 10.1. The number of likely N-dealkylation sites (N-methyl/N-ethyl adjacent to an activating group) is 1. The summed E-state index contributed by atoms with van der Waals surface area (Å²) < 4.78 is 28.1. The minimum Gasteiger partial charge on any atom is -0.457 e. The minimum atomic E-state index is -0.350. The van der Waals surface area contributed by atoms with Crippen molar-refractivity contribution in [2.45, 2.75) is 0 Å². The zero-order valence-electron chi connectivity index (χ0n) is 30.0. The molecule has 282 valence electrons. The zero-order valence-corrected chi connectivity index (χ0v) is 30.0. The van der Waals surface area contributed by atoms with Gasteiger partial charge in [0.1, 0.15) is 29.4 Å². The maximum Gasteiger partial charge on any atom is 0.254 e. The minimum absolute atomic E-state index is 0.178. The molecule has 1 aliphatic rings. The second kappa shape index (κ2) is 21.5. The van der Waals surface area contributed by atoms with Gasteiger partial charge in [0.15, 0.2) is 0 Å². The highest BCUT2D eigenvalue weighted by molar-refractivity contribution is 6.02. The second-order valence-electron chi connectivity index (χ2n) is 11.9. The molecule has 0 aliphatic carbocycles. The smallest absolute Gasteiger partial charge is 0.254 e. The molecule has 0 bridgehead atoms. The van der Waals surface area contributed by atoms with E-state index in [2.05, 4.69) is 30.6 Å². The Balaban J connectivity index is 1.17. The van der Waals surface area contributed by atoms with Crippen molar-refractivity contribution in [3.05, 3.63) is 113 Å². The van der Waals surface area contributed by atoms with Crippen molar-refractivity contribution < 1.29 is 33.3 Å². The quantitative estimate of drug-likeness (QED) is 0.0354. The lowest BCUT2D eigenvalue weighted by Crippen LogP contribution is -2.40. The van der Waals surface area contributed by atoms with Crippen molar-refractivity contribution in [2.75, 3.05) is 90.0 Å². The SMILES string of the molecule is CN(C/C=C/C(=O)Nc1cc(Nc2cc(Oc3ccc(Oc4ccccc4)cc3)ncn2)cc(C(=O)N2CCOCC2)c1)CCOCCOCCN=[N+]=[N-]. The lowest BCUT2D eigenvalue weighted by molar-refractivity contribution is -0.111. The maximum atomic E-state index is 13.5. The molecule has 1 aliphatic heterocycles. The van der Waals surface area contributed by atoms with E-state index in [1.54, 1.807) is 59.5 Å². The fraction of sp³-hybridized carbons (Fsp3) is 0.316. The van der Waals surface area contributed by atoms with Gasteiger partial charge in [0, 0.05) is 66.7 Å². The molecule has 1 saturated heterocycles. The van der Waals surface area contributed by atoms with Crippen LogP contribution in [0.2, 0.25) is 0 Å².